The first-order chi connectivity index (χ1) is 14.7. The minimum Gasteiger partial charge on any atom is -0.487 e. The second kappa shape index (κ2) is 9.54. The molecular weight excluding hydrogens is 400 g/mol. The lowest BCUT2D eigenvalue weighted by molar-refractivity contribution is -0.140. The van der Waals surface area contributed by atoms with E-state index in [4.69, 9.17) is 9.47 Å². The molecule has 2 heterocycles. The molecule has 0 N–H and O–H groups in total. The predicted octanol–water partition coefficient (Wildman–Crippen LogP) is 4.24. The summed E-state index contributed by atoms with van der Waals surface area (Å²) in [6, 6.07) is 15.9. The molecule has 1 amide bonds. The van der Waals surface area contributed by atoms with Gasteiger partial charge < -0.3 is 14.4 Å². The van der Waals surface area contributed by atoms with Crippen LogP contribution in [0.15, 0.2) is 65.5 Å². The summed E-state index contributed by atoms with van der Waals surface area (Å²) in [6.07, 6.45) is 1.00. The quantitative estimate of drug-likeness (QED) is 0.533. The van der Waals surface area contributed by atoms with Crippen LogP contribution in [0.3, 0.4) is 0 Å². The molecule has 0 unspecified atom stereocenters. The molecule has 1 atom stereocenters. The fourth-order valence-corrected chi connectivity index (χ4v) is 3.86. The van der Waals surface area contributed by atoms with Crippen molar-refractivity contribution in [3.8, 4) is 5.75 Å². The van der Waals surface area contributed by atoms with Crippen LogP contribution in [0, 0.1) is 0 Å². The molecule has 0 radical (unpaired) electrons. The van der Waals surface area contributed by atoms with Crippen LogP contribution < -0.4 is 4.74 Å². The first-order valence-corrected chi connectivity index (χ1v) is 10.8. The second-order valence-electron chi connectivity index (χ2n) is 7.02. The Kier molecular flexibility index (Phi) is 6.39. The van der Waals surface area contributed by atoms with Gasteiger partial charge in [-0.15, -0.1) is 11.3 Å². The van der Waals surface area contributed by atoms with Gasteiger partial charge in [0, 0.05) is 24.0 Å². The predicted molar refractivity (Wildman–Crippen MR) is 113 cm³/mol. The Morgan fingerprint density at radius 3 is 2.43 bits per heavy atom. The molecule has 1 fully saturated rings. The molecule has 4 rings (SSSR count). The van der Waals surface area contributed by atoms with Crippen molar-refractivity contribution in [1.29, 1.82) is 0 Å². The fraction of sp³-hybridized carbons (Fsp3) is 0.261. The number of nitrogens with zero attached hydrogens (tertiary/aromatic N) is 2. The number of thiazole rings is 1. The van der Waals surface area contributed by atoms with Crippen LogP contribution in [0.5, 0.6) is 5.75 Å². The zero-order valence-electron chi connectivity index (χ0n) is 16.4. The number of benzene rings is 2. The Hall–Kier alpha value is -3.19. The molecule has 1 aromatic heterocycles. The normalized spacial score (nSPS) is 14.3. The summed E-state index contributed by atoms with van der Waals surface area (Å²) in [5.41, 5.74) is 3.65. The molecule has 1 aliphatic heterocycles. The molecule has 3 aromatic rings. The molecule has 0 saturated carbocycles. The number of rotatable bonds is 7. The van der Waals surface area contributed by atoms with E-state index in [0.717, 1.165) is 18.5 Å². The van der Waals surface area contributed by atoms with Crippen LogP contribution in [-0.2, 0) is 16.1 Å². The average Bonchev–Trinajstić information content (AvgIpc) is 3.51. The Morgan fingerprint density at radius 2 is 1.77 bits per heavy atom. The highest BCUT2D eigenvalue weighted by molar-refractivity contribution is 7.07. The number of hydrogen-bond acceptors (Lipinski definition) is 6. The fourth-order valence-electron chi connectivity index (χ4n) is 3.32. The second-order valence-corrected chi connectivity index (χ2v) is 7.74. The summed E-state index contributed by atoms with van der Waals surface area (Å²) < 4.78 is 11.3. The maximum Gasteiger partial charge on any atom is 0.339 e. The van der Waals surface area contributed by atoms with Crippen molar-refractivity contribution in [1.82, 2.24) is 9.88 Å². The summed E-state index contributed by atoms with van der Waals surface area (Å²) in [5.74, 6) is -0.0787. The number of esters is 1. The van der Waals surface area contributed by atoms with E-state index < -0.39 is 12.1 Å². The van der Waals surface area contributed by atoms with Crippen molar-refractivity contribution in [2.45, 2.75) is 25.6 Å². The first-order valence-electron chi connectivity index (χ1n) is 9.85. The Balaban J connectivity index is 1.44. The number of ether oxygens (including phenoxy) is 2. The van der Waals surface area contributed by atoms with Crippen LogP contribution in [0.25, 0.3) is 0 Å². The summed E-state index contributed by atoms with van der Waals surface area (Å²) >= 11 is 1.51. The molecule has 30 heavy (non-hydrogen) atoms. The highest BCUT2D eigenvalue weighted by Crippen LogP contribution is 2.25. The Morgan fingerprint density at radius 1 is 1.03 bits per heavy atom. The lowest BCUT2D eigenvalue weighted by Crippen LogP contribution is -2.34. The summed E-state index contributed by atoms with van der Waals surface area (Å²) in [7, 11) is 0. The maximum absolute atomic E-state index is 13.0. The monoisotopic (exact) mass is 422 g/mol. The summed E-state index contributed by atoms with van der Waals surface area (Å²) in [4.78, 5) is 31.7. The standard InChI is InChI=1S/C23H22N2O4S/c26-22(25-12-4-5-13-25)21(17-6-2-1-3-7-17)29-23(27)18-8-10-20(11-9-18)28-14-19-15-30-16-24-19/h1-3,6-11,15-16,21H,4-5,12-14H2/t21-/m0/s1. The zero-order chi connectivity index (χ0) is 20.8. The van der Waals surface area contributed by atoms with E-state index in [2.05, 4.69) is 4.98 Å². The van der Waals surface area contributed by atoms with E-state index in [9.17, 15) is 9.59 Å². The number of carbonyl (C=O) groups excluding carboxylic acids is 2. The van der Waals surface area contributed by atoms with Gasteiger partial charge in [-0.2, -0.15) is 0 Å². The van der Waals surface area contributed by atoms with Gasteiger partial charge >= 0.3 is 5.97 Å². The third kappa shape index (κ3) is 4.86. The highest BCUT2D eigenvalue weighted by Gasteiger charge is 2.31. The number of carbonyl (C=O) groups is 2. The SMILES string of the molecule is O=C(O[C@H](C(=O)N1CCCC1)c1ccccc1)c1ccc(OCc2cscn2)cc1. The Labute approximate surface area is 179 Å². The van der Waals surface area contributed by atoms with Crippen molar-refractivity contribution in [3.05, 3.63) is 82.3 Å². The van der Waals surface area contributed by atoms with E-state index in [1.165, 1.54) is 11.3 Å². The Bertz CT molecular complexity index is 968. The third-order valence-corrected chi connectivity index (χ3v) is 5.56. The van der Waals surface area contributed by atoms with Crippen molar-refractivity contribution in [2.24, 2.45) is 0 Å². The number of amides is 1. The third-order valence-electron chi connectivity index (χ3n) is 4.93. The van der Waals surface area contributed by atoms with Gasteiger partial charge in [-0.05, 0) is 37.1 Å². The van der Waals surface area contributed by atoms with E-state index in [1.807, 2.05) is 23.6 Å². The van der Waals surface area contributed by atoms with Gasteiger partial charge in [0.15, 0.2) is 0 Å². The van der Waals surface area contributed by atoms with Gasteiger partial charge in [-0.3, -0.25) is 4.79 Å². The van der Waals surface area contributed by atoms with E-state index in [-0.39, 0.29) is 5.91 Å². The van der Waals surface area contributed by atoms with Gasteiger partial charge in [0.05, 0.1) is 16.8 Å². The van der Waals surface area contributed by atoms with E-state index in [0.29, 0.717) is 36.6 Å². The van der Waals surface area contributed by atoms with Gasteiger partial charge in [0.1, 0.15) is 12.4 Å². The average molecular weight is 423 g/mol. The molecule has 6 nitrogen and oxygen atoms in total. The molecule has 154 valence electrons. The van der Waals surface area contributed by atoms with Crippen LogP contribution in [0.1, 0.15) is 40.6 Å². The van der Waals surface area contributed by atoms with Crippen molar-refractivity contribution in [2.75, 3.05) is 13.1 Å². The minimum atomic E-state index is -0.947. The number of likely N-dealkylation sites (tertiary alicyclic amines) is 1. The van der Waals surface area contributed by atoms with E-state index in [1.54, 1.807) is 46.8 Å². The number of hydrogen-bond donors (Lipinski definition) is 0. The van der Waals surface area contributed by atoms with Crippen molar-refractivity contribution in [3.63, 3.8) is 0 Å². The molecule has 2 aromatic carbocycles. The molecule has 1 saturated heterocycles. The maximum atomic E-state index is 13.0. The molecule has 0 spiro atoms. The van der Waals surface area contributed by atoms with Gasteiger partial charge in [-0.1, -0.05) is 30.3 Å². The molecular formula is C23H22N2O4S. The van der Waals surface area contributed by atoms with Gasteiger partial charge in [0.2, 0.25) is 6.10 Å². The first kappa shape index (κ1) is 20.1. The molecule has 1 aliphatic rings. The summed E-state index contributed by atoms with van der Waals surface area (Å²) in [5, 5.41) is 1.92. The van der Waals surface area contributed by atoms with Crippen LogP contribution in [-0.4, -0.2) is 34.8 Å². The zero-order valence-corrected chi connectivity index (χ0v) is 17.2. The van der Waals surface area contributed by atoms with E-state index >= 15 is 0 Å². The van der Waals surface area contributed by atoms with Crippen molar-refractivity contribution >= 4 is 23.2 Å². The van der Waals surface area contributed by atoms with Gasteiger partial charge in [-0.25, -0.2) is 9.78 Å². The topological polar surface area (TPSA) is 68.7 Å². The minimum absolute atomic E-state index is 0.171. The van der Waals surface area contributed by atoms with Crippen molar-refractivity contribution < 1.29 is 19.1 Å². The largest absolute Gasteiger partial charge is 0.487 e. The number of aromatic nitrogens is 1. The van der Waals surface area contributed by atoms with Crippen LogP contribution in [0.2, 0.25) is 0 Å². The van der Waals surface area contributed by atoms with Crippen LogP contribution in [0.4, 0.5) is 0 Å². The highest BCUT2D eigenvalue weighted by atomic mass is 32.1. The van der Waals surface area contributed by atoms with Crippen LogP contribution >= 0.6 is 11.3 Å². The lowest BCUT2D eigenvalue weighted by Gasteiger charge is -2.23. The van der Waals surface area contributed by atoms with Gasteiger partial charge in [0.25, 0.3) is 5.91 Å². The molecule has 7 heteroatoms. The smallest absolute Gasteiger partial charge is 0.339 e. The summed E-state index contributed by atoms with van der Waals surface area (Å²) in [6.45, 7) is 1.77. The molecule has 0 aliphatic carbocycles. The lowest BCUT2D eigenvalue weighted by atomic mass is 10.1. The molecule has 0 bridgehead atoms.